The van der Waals surface area contributed by atoms with E-state index in [4.69, 9.17) is 11.6 Å². The van der Waals surface area contributed by atoms with E-state index >= 15 is 0 Å². The topological polar surface area (TPSA) is 56.0 Å². The molecule has 0 fully saturated rings. The molecular formula is C15H18ClN3O2. The van der Waals surface area contributed by atoms with Crippen molar-refractivity contribution in [1.82, 2.24) is 14.5 Å². The molecule has 2 rings (SSSR count). The highest BCUT2D eigenvalue weighted by molar-refractivity contribution is 6.31. The highest BCUT2D eigenvalue weighted by atomic mass is 35.5. The second-order valence-corrected chi connectivity index (χ2v) is 5.44. The van der Waals surface area contributed by atoms with Crippen LogP contribution in [0.4, 0.5) is 0 Å². The summed E-state index contributed by atoms with van der Waals surface area (Å²) < 4.78 is 2.51. The Hall–Kier alpha value is -1.85. The number of nitrogens with one attached hydrogen (secondary N) is 1. The number of hydrogen-bond donors (Lipinski definition) is 1. The number of aromatic nitrogens is 2. The predicted octanol–water partition coefficient (Wildman–Crippen LogP) is 1.59. The monoisotopic (exact) mass is 307 g/mol. The lowest BCUT2D eigenvalue weighted by Gasteiger charge is -2.16. The number of benzene rings is 1. The Morgan fingerprint density at radius 1 is 1.24 bits per heavy atom. The fourth-order valence-corrected chi connectivity index (χ4v) is 2.50. The first kappa shape index (κ1) is 15.5. The SMILES string of the molecule is C[C@@H](NCc1cn(C)c(=O)n(C)c1=O)c1ccccc1Cl. The summed E-state index contributed by atoms with van der Waals surface area (Å²) in [7, 11) is 3.11. The summed E-state index contributed by atoms with van der Waals surface area (Å²) in [5.74, 6) is 0. The van der Waals surface area contributed by atoms with E-state index in [1.54, 1.807) is 13.2 Å². The molecule has 0 radical (unpaired) electrons. The van der Waals surface area contributed by atoms with Gasteiger partial charge in [-0.2, -0.15) is 0 Å². The van der Waals surface area contributed by atoms with Crippen molar-refractivity contribution in [1.29, 1.82) is 0 Å². The quantitative estimate of drug-likeness (QED) is 0.933. The molecule has 0 saturated carbocycles. The van der Waals surface area contributed by atoms with E-state index in [1.165, 1.54) is 11.6 Å². The minimum absolute atomic E-state index is 0.000593. The first-order valence-electron chi connectivity index (χ1n) is 6.65. The van der Waals surface area contributed by atoms with Crippen molar-refractivity contribution in [3.8, 4) is 0 Å². The molecule has 1 aromatic heterocycles. The van der Waals surface area contributed by atoms with E-state index in [1.807, 2.05) is 31.2 Å². The highest BCUT2D eigenvalue weighted by Crippen LogP contribution is 2.22. The molecular weight excluding hydrogens is 290 g/mol. The van der Waals surface area contributed by atoms with Crippen molar-refractivity contribution in [3.05, 3.63) is 67.4 Å². The molecule has 0 spiro atoms. The van der Waals surface area contributed by atoms with E-state index in [0.29, 0.717) is 17.1 Å². The van der Waals surface area contributed by atoms with Crippen molar-refractivity contribution in [2.24, 2.45) is 14.1 Å². The standard InChI is InChI=1S/C15H18ClN3O2/c1-10(12-6-4-5-7-13(12)16)17-8-11-9-18(2)15(21)19(3)14(11)20/h4-7,9-10,17H,8H2,1-3H3/t10-/m1/s1. The van der Waals surface area contributed by atoms with Crippen LogP contribution in [0.1, 0.15) is 24.1 Å². The van der Waals surface area contributed by atoms with Crippen LogP contribution in [0.2, 0.25) is 5.02 Å². The molecule has 0 saturated heterocycles. The molecule has 112 valence electrons. The molecule has 1 heterocycles. The van der Waals surface area contributed by atoms with Crippen molar-refractivity contribution in [3.63, 3.8) is 0 Å². The van der Waals surface area contributed by atoms with Gasteiger partial charge in [-0.25, -0.2) is 4.79 Å². The Kier molecular flexibility index (Phi) is 4.65. The lowest BCUT2D eigenvalue weighted by Crippen LogP contribution is -2.39. The minimum Gasteiger partial charge on any atom is -0.306 e. The average molecular weight is 308 g/mol. The normalized spacial score (nSPS) is 12.4. The fourth-order valence-electron chi connectivity index (χ4n) is 2.20. The second kappa shape index (κ2) is 6.28. The molecule has 0 aliphatic carbocycles. The first-order chi connectivity index (χ1) is 9.91. The van der Waals surface area contributed by atoms with Crippen LogP contribution in [-0.2, 0) is 20.6 Å². The van der Waals surface area contributed by atoms with E-state index in [2.05, 4.69) is 5.32 Å². The minimum atomic E-state index is -0.331. The zero-order chi connectivity index (χ0) is 15.6. The van der Waals surface area contributed by atoms with Gasteiger partial charge in [-0.3, -0.25) is 9.36 Å². The van der Waals surface area contributed by atoms with Gasteiger partial charge in [0.05, 0.1) is 0 Å². The molecule has 1 atom stereocenters. The average Bonchev–Trinajstić information content (AvgIpc) is 2.47. The summed E-state index contributed by atoms with van der Waals surface area (Å²) in [4.78, 5) is 23.7. The highest BCUT2D eigenvalue weighted by Gasteiger charge is 2.11. The van der Waals surface area contributed by atoms with Gasteiger partial charge in [0, 0.05) is 43.5 Å². The molecule has 2 aromatic rings. The van der Waals surface area contributed by atoms with E-state index in [9.17, 15) is 9.59 Å². The number of halogens is 1. The van der Waals surface area contributed by atoms with Gasteiger partial charge < -0.3 is 9.88 Å². The summed E-state index contributed by atoms with van der Waals surface area (Å²) in [6.07, 6.45) is 1.57. The van der Waals surface area contributed by atoms with Crippen LogP contribution in [0.5, 0.6) is 0 Å². The van der Waals surface area contributed by atoms with Crippen LogP contribution in [0.25, 0.3) is 0 Å². The maximum absolute atomic E-state index is 12.0. The van der Waals surface area contributed by atoms with Gasteiger partial charge >= 0.3 is 5.69 Å². The Balaban J connectivity index is 2.20. The number of aryl methyl sites for hydroxylation is 1. The van der Waals surface area contributed by atoms with Gasteiger partial charge in [-0.05, 0) is 18.6 Å². The molecule has 1 N–H and O–H groups in total. The first-order valence-corrected chi connectivity index (χ1v) is 7.03. The van der Waals surface area contributed by atoms with Crippen LogP contribution >= 0.6 is 11.6 Å². The maximum Gasteiger partial charge on any atom is 0.330 e. The molecule has 0 bridgehead atoms. The molecule has 0 aliphatic heterocycles. The van der Waals surface area contributed by atoms with Crippen molar-refractivity contribution in [2.45, 2.75) is 19.5 Å². The largest absolute Gasteiger partial charge is 0.330 e. The van der Waals surface area contributed by atoms with Crippen molar-refractivity contribution < 1.29 is 0 Å². The van der Waals surface area contributed by atoms with Gasteiger partial charge in [0.1, 0.15) is 0 Å². The van der Waals surface area contributed by atoms with Crippen LogP contribution in [0.15, 0.2) is 40.1 Å². The Morgan fingerprint density at radius 2 is 1.90 bits per heavy atom. The third-order valence-electron chi connectivity index (χ3n) is 3.49. The lowest BCUT2D eigenvalue weighted by molar-refractivity contribution is 0.559. The van der Waals surface area contributed by atoms with Gasteiger partial charge in [-0.15, -0.1) is 0 Å². The fraction of sp³-hybridized carbons (Fsp3) is 0.333. The number of nitrogens with zero attached hydrogens (tertiary/aromatic N) is 2. The Labute approximate surface area is 127 Å². The summed E-state index contributed by atoms with van der Waals surface area (Å²) in [5, 5.41) is 3.94. The predicted molar refractivity (Wildman–Crippen MR) is 83.6 cm³/mol. The van der Waals surface area contributed by atoms with Gasteiger partial charge in [0.2, 0.25) is 0 Å². The Morgan fingerprint density at radius 3 is 2.57 bits per heavy atom. The second-order valence-electron chi connectivity index (χ2n) is 5.04. The summed E-state index contributed by atoms with van der Waals surface area (Å²) in [6, 6.07) is 7.58. The molecule has 0 unspecified atom stereocenters. The molecule has 0 aliphatic rings. The molecule has 0 amide bonds. The van der Waals surface area contributed by atoms with Crippen LogP contribution in [-0.4, -0.2) is 9.13 Å². The van der Waals surface area contributed by atoms with Gasteiger partial charge in [-0.1, -0.05) is 29.8 Å². The van der Waals surface area contributed by atoms with Crippen LogP contribution < -0.4 is 16.6 Å². The smallest absolute Gasteiger partial charge is 0.306 e. The van der Waals surface area contributed by atoms with Crippen molar-refractivity contribution >= 4 is 11.6 Å². The zero-order valence-corrected chi connectivity index (χ0v) is 13.0. The lowest BCUT2D eigenvalue weighted by atomic mass is 10.1. The van der Waals surface area contributed by atoms with Crippen molar-refractivity contribution in [2.75, 3.05) is 0 Å². The van der Waals surface area contributed by atoms with E-state index < -0.39 is 0 Å². The molecule has 6 heteroatoms. The van der Waals surface area contributed by atoms with E-state index in [-0.39, 0.29) is 17.3 Å². The molecule has 1 aromatic carbocycles. The number of rotatable bonds is 4. The zero-order valence-electron chi connectivity index (χ0n) is 12.3. The van der Waals surface area contributed by atoms with Crippen LogP contribution in [0.3, 0.4) is 0 Å². The Bertz CT molecular complexity index is 764. The van der Waals surface area contributed by atoms with Gasteiger partial charge in [0.25, 0.3) is 5.56 Å². The third-order valence-corrected chi connectivity index (χ3v) is 3.83. The van der Waals surface area contributed by atoms with Crippen LogP contribution in [0, 0.1) is 0 Å². The molecule has 5 nitrogen and oxygen atoms in total. The molecule has 21 heavy (non-hydrogen) atoms. The van der Waals surface area contributed by atoms with Gasteiger partial charge in [0.15, 0.2) is 0 Å². The summed E-state index contributed by atoms with van der Waals surface area (Å²) in [6.45, 7) is 2.35. The summed E-state index contributed by atoms with van der Waals surface area (Å²) >= 11 is 6.15. The van der Waals surface area contributed by atoms with E-state index in [0.717, 1.165) is 10.1 Å². The summed E-state index contributed by atoms with van der Waals surface area (Å²) in [5.41, 5.74) is 0.902. The third kappa shape index (κ3) is 3.25. The maximum atomic E-state index is 12.0. The number of hydrogen-bond acceptors (Lipinski definition) is 3.